The van der Waals surface area contributed by atoms with E-state index < -0.39 is 0 Å². The van der Waals surface area contributed by atoms with E-state index in [0.717, 1.165) is 25.7 Å². The Kier molecular flexibility index (Phi) is 4.36. The highest BCUT2D eigenvalue weighted by atomic mass is 16.2. The Hall–Kier alpha value is -1.59. The van der Waals surface area contributed by atoms with E-state index in [4.69, 9.17) is 0 Å². The first-order valence-corrected chi connectivity index (χ1v) is 8.45. The van der Waals surface area contributed by atoms with Gasteiger partial charge in [0.05, 0.1) is 0 Å². The van der Waals surface area contributed by atoms with Gasteiger partial charge < -0.3 is 14.7 Å². The molecule has 2 aliphatic heterocycles. The van der Waals surface area contributed by atoms with E-state index in [0.29, 0.717) is 39.1 Å². The van der Waals surface area contributed by atoms with Gasteiger partial charge >= 0.3 is 0 Å². The lowest BCUT2D eigenvalue weighted by atomic mass is 9.84. The smallest absolute Gasteiger partial charge is 0.245 e. The largest absolute Gasteiger partial charge is 0.339 e. The first-order valence-electron chi connectivity index (χ1n) is 8.45. The number of likely N-dealkylation sites (tertiary alicyclic amines) is 1. The summed E-state index contributed by atoms with van der Waals surface area (Å²) < 4.78 is 0. The molecule has 3 amide bonds. The van der Waals surface area contributed by atoms with Gasteiger partial charge in [0.2, 0.25) is 17.7 Å². The molecule has 0 spiro atoms. The first kappa shape index (κ1) is 15.3. The highest BCUT2D eigenvalue weighted by Crippen LogP contribution is 2.28. The fraction of sp³-hybridized carbons (Fsp3) is 0.812. The Morgan fingerprint density at radius 1 is 1.00 bits per heavy atom. The van der Waals surface area contributed by atoms with E-state index in [2.05, 4.69) is 0 Å². The van der Waals surface area contributed by atoms with Crippen molar-refractivity contribution in [2.24, 2.45) is 5.92 Å². The number of piperazine rings is 1. The van der Waals surface area contributed by atoms with Crippen LogP contribution in [-0.2, 0) is 14.4 Å². The van der Waals surface area contributed by atoms with E-state index in [1.54, 1.807) is 9.80 Å². The molecule has 3 rings (SSSR count). The van der Waals surface area contributed by atoms with Crippen LogP contribution < -0.4 is 0 Å². The SMILES string of the molecule is C[C@@H](C(=O)N1CCN(C(=O)C2CCC2)CC1)N1CCCC1=O. The second-order valence-electron chi connectivity index (χ2n) is 6.65. The van der Waals surface area contributed by atoms with E-state index >= 15 is 0 Å². The number of hydrogen-bond acceptors (Lipinski definition) is 3. The molecular weight excluding hydrogens is 282 g/mol. The van der Waals surface area contributed by atoms with E-state index in [1.807, 2.05) is 11.8 Å². The van der Waals surface area contributed by atoms with E-state index in [1.165, 1.54) is 0 Å². The minimum Gasteiger partial charge on any atom is -0.339 e. The Morgan fingerprint density at radius 2 is 1.64 bits per heavy atom. The molecule has 0 N–H and O–H groups in total. The van der Waals surface area contributed by atoms with Crippen molar-refractivity contribution in [1.29, 1.82) is 0 Å². The van der Waals surface area contributed by atoms with Crippen LogP contribution in [0.5, 0.6) is 0 Å². The summed E-state index contributed by atoms with van der Waals surface area (Å²) in [5, 5.41) is 0. The van der Waals surface area contributed by atoms with Crippen molar-refractivity contribution in [3.05, 3.63) is 0 Å². The second-order valence-corrected chi connectivity index (χ2v) is 6.65. The molecule has 0 aromatic carbocycles. The van der Waals surface area contributed by atoms with Gasteiger partial charge in [-0.05, 0) is 26.2 Å². The second kappa shape index (κ2) is 6.26. The molecule has 0 aromatic heterocycles. The molecule has 1 atom stereocenters. The Balaban J connectivity index is 1.51. The number of carbonyl (C=O) groups excluding carboxylic acids is 3. The van der Waals surface area contributed by atoms with Crippen LogP contribution in [-0.4, -0.2) is 71.2 Å². The third kappa shape index (κ3) is 2.83. The van der Waals surface area contributed by atoms with Gasteiger partial charge in [0.25, 0.3) is 0 Å². The Morgan fingerprint density at radius 3 is 2.14 bits per heavy atom. The summed E-state index contributed by atoms with van der Waals surface area (Å²) in [6.45, 7) is 4.93. The van der Waals surface area contributed by atoms with Crippen molar-refractivity contribution in [2.75, 3.05) is 32.7 Å². The molecule has 3 aliphatic rings. The highest BCUT2D eigenvalue weighted by molar-refractivity contribution is 5.88. The predicted molar refractivity (Wildman–Crippen MR) is 80.9 cm³/mol. The maximum absolute atomic E-state index is 12.5. The monoisotopic (exact) mass is 307 g/mol. The number of rotatable bonds is 3. The lowest BCUT2D eigenvalue weighted by Crippen LogP contribution is -2.56. The molecule has 0 aromatic rings. The molecule has 122 valence electrons. The zero-order chi connectivity index (χ0) is 15.7. The van der Waals surface area contributed by atoms with Crippen molar-refractivity contribution >= 4 is 17.7 Å². The number of carbonyl (C=O) groups is 3. The molecule has 1 saturated carbocycles. The predicted octanol–water partition coefficient (Wildman–Crippen LogP) is 0.468. The van der Waals surface area contributed by atoms with Gasteiger partial charge in [-0.25, -0.2) is 0 Å². The number of amides is 3. The summed E-state index contributed by atoms with van der Waals surface area (Å²) in [5.74, 6) is 0.593. The molecule has 0 unspecified atom stereocenters. The molecule has 22 heavy (non-hydrogen) atoms. The van der Waals surface area contributed by atoms with E-state index in [9.17, 15) is 14.4 Å². The average Bonchev–Trinajstić information content (AvgIpc) is 2.90. The van der Waals surface area contributed by atoms with Gasteiger partial charge in [-0.2, -0.15) is 0 Å². The number of hydrogen-bond donors (Lipinski definition) is 0. The third-order valence-corrected chi connectivity index (χ3v) is 5.29. The average molecular weight is 307 g/mol. The zero-order valence-corrected chi connectivity index (χ0v) is 13.3. The topological polar surface area (TPSA) is 60.9 Å². The maximum atomic E-state index is 12.5. The third-order valence-electron chi connectivity index (χ3n) is 5.29. The summed E-state index contributed by atoms with van der Waals surface area (Å²) in [5.41, 5.74) is 0. The van der Waals surface area contributed by atoms with E-state index in [-0.39, 0.29) is 29.7 Å². The van der Waals surface area contributed by atoms with Gasteiger partial charge in [0.15, 0.2) is 0 Å². The van der Waals surface area contributed by atoms with Crippen LogP contribution in [0.3, 0.4) is 0 Å². The summed E-state index contributed by atoms with van der Waals surface area (Å²) in [6, 6.07) is -0.371. The standard InChI is InChI=1S/C16H25N3O3/c1-12(19-7-3-6-14(19)20)15(21)17-8-10-18(11-9-17)16(22)13-4-2-5-13/h12-13H,2-11H2,1H3/t12-/m0/s1. The summed E-state index contributed by atoms with van der Waals surface area (Å²) in [6.07, 6.45) is 4.61. The fourth-order valence-corrected chi connectivity index (χ4v) is 3.54. The molecule has 2 saturated heterocycles. The molecular formula is C16H25N3O3. The molecule has 6 nitrogen and oxygen atoms in total. The van der Waals surface area contributed by atoms with Gasteiger partial charge in [0, 0.05) is 45.1 Å². The van der Waals surface area contributed by atoms with Crippen LogP contribution in [0.2, 0.25) is 0 Å². The van der Waals surface area contributed by atoms with Gasteiger partial charge in [-0.1, -0.05) is 6.42 Å². The lowest BCUT2D eigenvalue weighted by Gasteiger charge is -2.39. The van der Waals surface area contributed by atoms with Crippen LogP contribution in [0.15, 0.2) is 0 Å². The van der Waals surface area contributed by atoms with Gasteiger partial charge in [0.1, 0.15) is 6.04 Å². The summed E-state index contributed by atoms with van der Waals surface area (Å²) in [4.78, 5) is 41.9. The summed E-state index contributed by atoms with van der Waals surface area (Å²) >= 11 is 0. The van der Waals surface area contributed by atoms with Crippen LogP contribution >= 0.6 is 0 Å². The molecule has 6 heteroatoms. The van der Waals surface area contributed by atoms with Crippen molar-refractivity contribution in [2.45, 2.75) is 45.1 Å². The normalized spacial score (nSPS) is 24.4. The molecule has 0 bridgehead atoms. The van der Waals surface area contributed by atoms with Gasteiger partial charge in [-0.15, -0.1) is 0 Å². The molecule has 3 fully saturated rings. The first-order chi connectivity index (χ1) is 10.6. The quantitative estimate of drug-likeness (QED) is 0.761. The van der Waals surface area contributed by atoms with Crippen molar-refractivity contribution in [1.82, 2.24) is 14.7 Å². The minimum atomic E-state index is -0.371. The Labute approximate surface area is 131 Å². The highest BCUT2D eigenvalue weighted by Gasteiger charge is 2.35. The summed E-state index contributed by atoms with van der Waals surface area (Å²) in [7, 11) is 0. The van der Waals surface area contributed by atoms with Crippen LogP contribution in [0, 0.1) is 5.92 Å². The zero-order valence-electron chi connectivity index (χ0n) is 13.3. The lowest BCUT2D eigenvalue weighted by molar-refractivity contribution is -0.147. The minimum absolute atomic E-state index is 0.0194. The van der Waals surface area contributed by atoms with Crippen LogP contribution in [0.1, 0.15) is 39.0 Å². The fourth-order valence-electron chi connectivity index (χ4n) is 3.54. The van der Waals surface area contributed by atoms with Crippen molar-refractivity contribution < 1.29 is 14.4 Å². The molecule has 0 radical (unpaired) electrons. The van der Waals surface area contributed by atoms with Crippen LogP contribution in [0.25, 0.3) is 0 Å². The maximum Gasteiger partial charge on any atom is 0.245 e. The van der Waals surface area contributed by atoms with Crippen molar-refractivity contribution in [3.63, 3.8) is 0 Å². The molecule has 1 aliphatic carbocycles. The van der Waals surface area contributed by atoms with Crippen LogP contribution in [0.4, 0.5) is 0 Å². The molecule has 2 heterocycles. The van der Waals surface area contributed by atoms with Gasteiger partial charge in [-0.3, -0.25) is 14.4 Å². The number of nitrogens with zero attached hydrogens (tertiary/aromatic N) is 3. The van der Waals surface area contributed by atoms with Crippen molar-refractivity contribution in [3.8, 4) is 0 Å². The Bertz CT molecular complexity index is 467.